The van der Waals surface area contributed by atoms with Gasteiger partial charge in [-0.15, -0.1) is 0 Å². The number of carboxylic acids is 1. The molecule has 0 bridgehead atoms. The molecular formula is C15H13N3O2. The van der Waals surface area contributed by atoms with Crippen molar-refractivity contribution < 1.29 is 9.90 Å². The summed E-state index contributed by atoms with van der Waals surface area (Å²) in [6, 6.07) is 7.98. The normalized spacial score (nSPS) is 10.9. The molecule has 0 fully saturated rings. The third-order valence-corrected chi connectivity index (χ3v) is 3.39. The summed E-state index contributed by atoms with van der Waals surface area (Å²) in [5.74, 6) is -0.667. The molecular weight excluding hydrogens is 254 g/mol. The van der Waals surface area contributed by atoms with E-state index in [2.05, 4.69) is 23.0 Å². The zero-order chi connectivity index (χ0) is 14.3. The van der Waals surface area contributed by atoms with Gasteiger partial charge in [0.25, 0.3) is 0 Å². The van der Waals surface area contributed by atoms with E-state index in [0.717, 1.165) is 11.3 Å². The Morgan fingerprint density at radius 3 is 2.70 bits per heavy atom. The van der Waals surface area contributed by atoms with Crippen LogP contribution in [0.25, 0.3) is 17.0 Å². The Hall–Kier alpha value is -2.69. The number of aryl methyl sites for hydroxylation is 2. The summed E-state index contributed by atoms with van der Waals surface area (Å²) in [5, 5.41) is 9.02. The maximum absolute atomic E-state index is 11.0. The predicted octanol–water partition coefficient (Wildman–Crippen LogP) is 2.71. The zero-order valence-corrected chi connectivity index (χ0v) is 11.2. The van der Waals surface area contributed by atoms with E-state index in [4.69, 9.17) is 5.11 Å². The van der Waals surface area contributed by atoms with E-state index in [9.17, 15) is 4.79 Å². The van der Waals surface area contributed by atoms with E-state index in [1.165, 1.54) is 17.3 Å². The van der Waals surface area contributed by atoms with Gasteiger partial charge in [0.05, 0.1) is 5.69 Å². The quantitative estimate of drug-likeness (QED) is 0.775. The lowest BCUT2D eigenvalue weighted by Gasteiger charge is -2.07. The van der Waals surface area contributed by atoms with Crippen molar-refractivity contribution in [2.75, 3.05) is 0 Å². The Labute approximate surface area is 115 Å². The van der Waals surface area contributed by atoms with Gasteiger partial charge in [0.1, 0.15) is 0 Å². The first-order valence-corrected chi connectivity index (χ1v) is 6.21. The lowest BCUT2D eigenvalue weighted by atomic mass is 10.0. The molecule has 0 amide bonds. The highest BCUT2D eigenvalue weighted by atomic mass is 16.4. The van der Waals surface area contributed by atoms with Crippen LogP contribution in [0.3, 0.4) is 0 Å². The van der Waals surface area contributed by atoms with Gasteiger partial charge in [-0.25, -0.2) is 14.8 Å². The van der Waals surface area contributed by atoms with Gasteiger partial charge in [-0.1, -0.05) is 12.1 Å². The number of carboxylic acid groups (broad SMARTS) is 1. The lowest BCUT2D eigenvalue weighted by molar-refractivity contribution is 0.0691. The number of carbonyl (C=O) groups is 1. The number of aromatic nitrogens is 3. The molecule has 0 saturated carbocycles. The molecule has 3 rings (SSSR count). The molecule has 0 spiro atoms. The fourth-order valence-electron chi connectivity index (χ4n) is 2.13. The number of imidazole rings is 1. The van der Waals surface area contributed by atoms with Crippen molar-refractivity contribution in [1.29, 1.82) is 0 Å². The number of hydrogen-bond donors (Lipinski definition) is 1. The third-order valence-electron chi connectivity index (χ3n) is 3.39. The van der Waals surface area contributed by atoms with Crippen molar-refractivity contribution in [2.24, 2.45) is 0 Å². The fraction of sp³-hybridized carbons (Fsp3) is 0.133. The van der Waals surface area contributed by atoms with Gasteiger partial charge in [-0.2, -0.15) is 0 Å². The minimum Gasteiger partial charge on any atom is -0.476 e. The van der Waals surface area contributed by atoms with E-state index in [-0.39, 0.29) is 5.69 Å². The molecule has 3 aromatic rings. The van der Waals surface area contributed by atoms with E-state index < -0.39 is 5.97 Å². The van der Waals surface area contributed by atoms with Gasteiger partial charge in [0, 0.05) is 12.4 Å². The summed E-state index contributed by atoms with van der Waals surface area (Å²) < 4.78 is 1.70. The first kappa shape index (κ1) is 12.3. The highest BCUT2D eigenvalue weighted by Crippen LogP contribution is 2.22. The largest absolute Gasteiger partial charge is 0.476 e. The van der Waals surface area contributed by atoms with Crippen LogP contribution in [0.2, 0.25) is 0 Å². The molecule has 1 N–H and O–H groups in total. The standard InChI is InChI=1S/C15H13N3O2/c1-9-3-4-11(7-10(9)2)13-5-6-16-15-17-12(14(19)20)8-18(13)15/h3-8H,1-2H3,(H,19,20). The molecule has 0 saturated heterocycles. The third kappa shape index (κ3) is 1.93. The number of rotatable bonds is 2. The smallest absolute Gasteiger partial charge is 0.356 e. The Morgan fingerprint density at radius 1 is 1.20 bits per heavy atom. The Morgan fingerprint density at radius 2 is 2.00 bits per heavy atom. The molecule has 2 heterocycles. The highest BCUT2D eigenvalue weighted by Gasteiger charge is 2.12. The van der Waals surface area contributed by atoms with Gasteiger partial charge >= 0.3 is 5.97 Å². The topological polar surface area (TPSA) is 67.5 Å². The SMILES string of the molecule is Cc1ccc(-c2ccnc3nc(C(=O)O)cn23)cc1C. The van der Waals surface area contributed by atoms with E-state index in [1.54, 1.807) is 10.6 Å². The van der Waals surface area contributed by atoms with Gasteiger partial charge < -0.3 is 5.11 Å². The molecule has 5 heteroatoms. The second kappa shape index (κ2) is 4.45. The summed E-state index contributed by atoms with van der Waals surface area (Å²) in [6.07, 6.45) is 3.13. The number of nitrogens with zero attached hydrogens (tertiary/aromatic N) is 3. The van der Waals surface area contributed by atoms with Crippen molar-refractivity contribution >= 4 is 11.7 Å². The minimum atomic E-state index is -1.05. The molecule has 0 unspecified atom stereocenters. The number of fused-ring (bicyclic) bond motifs is 1. The van der Waals surface area contributed by atoms with Crippen molar-refractivity contribution in [1.82, 2.24) is 14.4 Å². The van der Waals surface area contributed by atoms with Crippen LogP contribution in [-0.2, 0) is 0 Å². The predicted molar refractivity (Wildman–Crippen MR) is 74.9 cm³/mol. The van der Waals surface area contributed by atoms with E-state index in [0.29, 0.717) is 5.78 Å². The van der Waals surface area contributed by atoms with Crippen LogP contribution in [0, 0.1) is 13.8 Å². The molecule has 0 aliphatic carbocycles. The maximum Gasteiger partial charge on any atom is 0.356 e. The van der Waals surface area contributed by atoms with Crippen LogP contribution in [0.1, 0.15) is 21.6 Å². The summed E-state index contributed by atoms with van der Waals surface area (Å²) in [5.41, 5.74) is 4.28. The zero-order valence-electron chi connectivity index (χ0n) is 11.2. The molecule has 0 aliphatic heterocycles. The number of hydrogen-bond acceptors (Lipinski definition) is 3. The lowest BCUT2D eigenvalue weighted by Crippen LogP contribution is -1.95. The molecule has 20 heavy (non-hydrogen) atoms. The Kier molecular flexibility index (Phi) is 2.75. The van der Waals surface area contributed by atoms with Gasteiger partial charge in [0.2, 0.25) is 5.78 Å². The summed E-state index contributed by atoms with van der Waals surface area (Å²) in [7, 11) is 0. The summed E-state index contributed by atoms with van der Waals surface area (Å²) >= 11 is 0. The second-order valence-corrected chi connectivity index (χ2v) is 4.73. The van der Waals surface area contributed by atoms with Crippen molar-refractivity contribution in [2.45, 2.75) is 13.8 Å². The van der Waals surface area contributed by atoms with E-state index >= 15 is 0 Å². The summed E-state index contributed by atoms with van der Waals surface area (Å²) in [4.78, 5) is 19.1. The van der Waals surface area contributed by atoms with Crippen LogP contribution >= 0.6 is 0 Å². The first-order valence-electron chi connectivity index (χ1n) is 6.21. The Bertz CT molecular complexity index is 821. The highest BCUT2D eigenvalue weighted by molar-refractivity contribution is 5.86. The van der Waals surface area contributed by atoms with Crippen LogP contribution in [0.4, 0.5) is 0 Å². The average Bonchev–Trinajstić information content (AvgIpc) is 2.86. The van der Waals surface area contributed by atoms with Crippen LogP contribution < -0.4 is 0 Å². The monoisotopic (exact) mass is 267 g/mol. The molecule has 0 radical (unpaired) electrons. The van der Waals surface area contributed by atoms with Crippen LogP contribution in [0.5, 0.6) is 0 Å². The fourth-order valence-corrected chi connectivity index (χ4v) is 2.13. The average molecular weight is 267 g/mol. The maximum atomic E-state index is 11.0. The molecule has 1 aromatic carbocycles. The molecule has 5 nitrogen and oxygen atoms in total. The summed E-state index contributed by atoms with van der Waals surface area (Å²) in [6.45, 7) is 4.11. The van der Waals surface area contributed by atoms with Crippen LogP contribution in [-0.4, -0.2) is 25.4 Å². The van der Waals surface area contributed by atoms with E-state index in [1.807, 2.05) is 25.1 Å². The first-order chi connectivity index (χ1) is 9.56. The molecule has 100 valence electrons. The molecule has 0 aliphatic rings. The van der Waals surface area contributed by atoms with Crippen LogP contribution in [0.15, 0.2) is 36.7 Å². The van der Waals surface area contributed by atoms with Crippen molar-refractivity contribution in [3.63, 3.8) is 0 Å². The molecule has 2 aromatic heterocycles. The molecule has 0 atom stereocenters. The minimum absolute atomic E-state index is 0.00576. The number of aromatic carboxylic acids is 1. The van der Waals surface area contributed by atoms with Gasteiger partial charge in [0.15, 0.2) is 5.69 Å². The van der Waals surface area contributed by atoms with Gasteiger partial charge in [-0.3, -0.25) is 4.40 Å². The van der Waals surface area contributed by atoms with Crippen molar-refractivity contribution in [3.8, 4) is 11.3 Å². The second-order valence-electron chi connectivity index (χ2n) is 4.73. The van der Waals surface area contributed by atoms with Gasteiger partial charge in [-0.05, 0) is 42.7 Å². The Balaban J connectivity index is 2.24. The van der Waals surface area contributed by atoms with Crippen molar-refractivity contribution in [3.05, 3.63) is 53.5 Å². The number of benzene rings is 1.